The number of aryl methyl sites for hydroxylation is 2. The molecule has 0 amide bonds. The van der Waals surface area contributed by atoms with Gasteiger partial charge in [0.2, 0.25) is 0 Å². The van der Waals surface area contributed by atoms with Crippen molar-refractivity contribution in [3.63, 3.8) is 0 Å². The second-order valence-corrected chi connectivity index (χ2v) is 4.45. The van der Waals surface area contributed by atoms with E-state index in [1.165, 1.54) is 0 Å². The van der Waals surface area contributed by atoms with Gasteiger partial charge >= 0.3 is 0 Å². The molecule has 80 valence electrons. The maximum atomic E-state index is 10.0. The van der Waals surface area contributed by atoms with Gasteiger partial charge in [-0.3, -0.25) is 4.68 Å². The van der Waals surface area contributed by atoms with E-state index in [0.29, 0.717) is 6.42 Å². The minimum atomic E-state index is -0.439. The van der Waals surface area contributed by atoms with Gasteiger partial charge in [0.25, 0.3) is 0 Å². The molecule has 0 spiro atoms. The van der Waals surface area contributed by atoms with E-state index in [1.54, 1.807) is 16.0 Å². The molecule has 2 heterocycles. The summed E-state index contributed by atoms with van der Waals surface area (Å²) >= 11 is 1.62. The van der Waals surface area contributed by atoms with Crippen LogP contribution in [0.5, 0.6) is 0 Å². The van der Waals surface area contributed by atoms with Crippen molar-refractivity contribution < 1.29 is 5.11 Å². The molecule has 0 saturated carbocycles. The molecule has 1 atom stereocenters. The Morgan fingerprint density at radius 1 is 1.53 bits per heavy atom. The summed E-state index contributed by atoms with van der Waals surface area (Å²) in [4.78, 5) is 0. The van der Waals surface area contributed by atoms with Crippen LogP contribution in [0.25, 0.3) is 0 Å². The van der Waals surface area contributed by atoms with Crippen molar-refractivity contribution in [2.75, 3.05) is 0 Å². The highest BCUT2D eigenvalue weighted by Gasteiger charge is 2.13. The van der Waals surface area contributed by atoms with Gasteiger partial charge in [0, 0.05) is 19.7 Å². The molecule has 0 aliphatic heterocycles. The molecule has 2 aromatic heterocycles. The Balaban J connectivity index is 2.10. The molecule has 0 aromatic carbocycles. The summed E-state index contributed by atoms with van der Waals surface area (Å²) in [5.41, 5.74) is 3.10. The van der Waals surface area contributed by atoms with Crippen LogP contribution in [0, 0.1) is 6.92 Å². The predicted molar refractivity (Wildman–Crippen MR) is 60.9 cm³/mol. The number of thiophene rings is 1. The van der Waals surface area contributed by atoms with Crippen molar-refractivity contribution in [2.24, 2.45) is 7.05 Å². The number of nitrogens with zero attached hydrogens (tertiary/aromatic N) is 2. The lowest BCUT2D eigenvalue weighted by molar-refractivity contribution is 0.177. The van der Waals surface area contributed by atoms with Crippen molar-refractivity contribution in [1.29, 1.82) is 0 Å². The Morgan fingerprint density at radius 2 is 2.33 bits per heavy atom. The molecule has 4 heteroatoms. The first-order chi connectivity index (χ1) is 7.16. The zero-order valence-electron chi connectivity index (χ0n) is 8.84. The Hall–Kier alpha value is -1.13. The first-order valence-electron chi connectivity index (χ1n) is 4.86. The van der Waals surface area contributed by atoms with E-state index < -0.39 is 6.10 Å². The molecule has 0 radical (unpaired) electrons. The summed E-state index contributed by atoms with van der Waals surface area (Å²) in [5.74, 6) is 0. The second-order valence-electron chi connectivity index (χ2n) is 3.71. The highest BCUT2D eigenvalue weighted by Crippen LogP contribution is 2.24. The number of aromatic nitrogens is 2. The molecule has 15 heavy (non-hydrogen) atoms. The monoisotopic (exact) mass is 222 g/mol. The Labute approximate surface area is 93.0 Å². The van der Waals surface area contributed by atoms with Crippen LogP contribution in [0.1, 0.15) is 22.9 Å². The summed E-state index contributed by atoms with van der Waals surface area (Å²) in [6.07, 6.45) is 2.03. The lowest BCUT2D eigenvalue weighted by Crippen LogP contribution is -2.03. The van der Waals surface area contributed by atoms with Gasteiger partial charge in [-0.1, -0.05) is 0 Å². The topological polar surface area (TPSA) is 38.0 Å². The van der Waals surface area contributed by atoms with Gasteiger partial charge in [-0.15, -0.1) is 0 Å². The third-order valence-electron chi connectivity index (χ3n) is 2.43. The highest BCUT2D eigenvalue weighted by atomic mass is 32.1. The molecule has 0 aliphatic carbocycles. The quantitative estimate of drug-likeness (QED) is 0.863. The summed E-state index contributed by atoms with van der Waals surface area (Å²) in [7, 11) is 1.88. The first kappa shape index (κ1) is 10.4. The second kappa shape index (κ2) is 4.16. The molecule has 2 aromatic rings. The van der Waals surface area contributed by atoms with Gasteiger partial charge in [0.05, 0.1) is 11.8 Å². The molecule has 3 nitrogen and oxygen atoms in total. The van der Waals surface area contributed by atoms with Gasteiger partial charge in [0.1, 0.15) is 0 Å². The van der Waals surface area contributed by atoms with Gasteiger partial charge in [-0.05, 0) is 34.9 Å². The van der Waals surface area contributed by atoms with E-state index in [1.807, 2.05) is 31.6 Å². The van der Waals surface area contributed by atoms with E-state index in [-0.39, 0.29) is 0 Å². The number of hydrogen-bond donors (Lipinski definition) is 1. The number of hydrogen-bond acceptors (Lipinski definition) is 3. The van der Waals surface area contributed by atoms with Gasteiger partial charge in [-0.2, -0.15) is 16.4 Å². The Bertz CT molecular complexity index is 447. The minimum absolute atomic E-state index is 0.439. The lowest BCUT2D eigenvalue weighted by Gasteiger charge is -2.08. The summed E-state index contributed by atoms with van der Waals surface area (Å²) in [6.45, 7) is 2.02. The van der Waals surface area contributed by atoms with Crippen LogP contribution < -0.4 is 0 Å². The average Bonchev–Trinajstić information content (AvgIpc) is 2.75. The fraction of sp³-hybridized carbons (Fsp3) is 0.364. The zero-order chi connectivity index (χ0) is 10.8. The van der Waals surface area contributed by atoms with Crippen LogP contribution in [0.3, 0.4) is 0 Å². The van der Waals surface area contributed by atoms with Gasteiger partial charge < -0.3 is 5.11 Å². The van der Waals surface area contributed by atoms with Gasteiger partial charge in [-0.25, -0.2) is 0 Å². The fourth-order valence-corrected chi connectivity index (χ4v) is 2.49. The third-order valence-corrected chi connectivity index (χ3v) is 3.31. The maximum Gasteiger partial charge on any atom is 0.0856 e. The van der Waals surface area contributed by atoms with E-state index in [2.05, 4.69) is 10.5 Å². The number of aliphatic hydroxyl groups is 1. The standard InChI is InChI=1S/C11H14N2OS/c1-8-6-15-7-10(8)11(14)5-9-3-4-13(2)12-9/h3-4,6-7,11,14H,5H2,1-2H3. The van der Waals surface area contributed by atoms with Crippen LogP contribution in [-0.4, -0.2) is 14.9 Å². The maximum absolute atomic E-state index is 10.0. The van der Waals surface area contributed by atoms with Gasteiger partial charge in [0.15, 0.2) is 0 Å². The van der Waals surface area contributed by atoms with Crippen LogP contribution in [-0.2, 0) is 13.5 Å². The van der Waals surface area contributed by atoms with Crippen LogP contribution in [0.2, 0.25) is 0 Å². The largest absolute Gasteiger partial charge is 0.388 e. The van der Waals surface area contributed by atoms with Crippen molar-refractivity contribution in [3.8, 4) is 0 Å². The van der Waals surface area contributed by atoms with E-state index in [9.17, 15) is 5.11 Å². The van der Waals surface area contributed by atoms with E-state index in [4.69, 9.17) is 0 Å². The minimum Gasteiger partial charge on any atom is -0.388 e. The predicted octanol–water partition coefficient (Wildman–Crippen LogP) is 2.07. The highest BCUT2D eigenvalue weighted by molar-refractivity contribution is 7.08. The molecule has 1 N–H and O–H groups in total. The van der Waals surface area contributed by atoms with Crippen LogP contribution in [0.15, 0.2) is 23.0 Å². The fourth-order valence-electron chi connectivity index (χ4n) is 1.59. The molecule has 0 saturated heterocycles. The van der Waals surface area contributed by atoms with Crippen molar-refractivity contribution >= 4 is 11.3 Å². The van der Waals surface area contributed by atoms with Crippen molar-refractivity contribution in [2.45, 2.75) is 19.4 Å². The lowest BCUT2D eigenvalue weighted by atomic mass is 10.1. The zero-order valence-corrected chi connectivity index (χ0v) is 9.66. The van der Waals surface area contributed by atoms with Crippen molar-refractivity contribution in [1.82, 2.24) is 9.78 Å². The smallest absolute Gasteiger partial charge is 0.0856 e. The van der Waals surface area contributed by atoms with E-state index in [0.717, 1.165) is 16.8 Å². The normalized spacial score (nSPS) is 13.0. The summed E-state index contributed by atoms with van der Waals surface area (Å²) in [6, 6.07) is 1.94. The Morgan fingerprint density at radius 3 is 2.87 bits per heavy atom. The van der Waals surface area contributed by atoms with Crippen LogP contribution >= 0.6 is 11.3 Å². The molecule has 0 aliphatic rings. The van der Waals surface area contributed by atoms with Crippen LogP contribution in [0.4, 0.5) is 0 Å². The first-order valence-corrected chi connectivity index (χ1v) is 5.80. The molecular formula is C11H14N2OS. The molecule has 0 bridgehead atoms. The number of rotatable bonds is 3. The number of aliphatic hydroxyl groups excluding tert-OH is 1. The summed E-state index contributed by atoms with van der Waals surface area (Å²) < 4.78 is 1.75. The third kappa shape index (κ3) is 2.27. The summed E-state index contributed by atoms with van der Waals surface area (Å²) in [5, 5.41) is 18.3. The SMILES string of the molecule is Cc1cscc1C(O)Cc1ccn(C)n1. The van der Waals surface area contributed by atoms with E-state index >= 15 is 0 Å². The molecule has 2 rings (SSSR count). The molecular weight excluding hydrogens is 208 g/mol. The molecule has 0 fully saturated rings. The Kier molecular flexibility index (Phi) is 2.88. The average molecular weight is 222 g/mol. The molecule has 1 unspecified atom stereocenters. The van der Waals surface area contributed by atoms with Crippen molar-refractivity contribution in [3.05, 3.63) is 39.8 Å².